The number of hydrogen-bond donors (Lipinski definition) is 1. The predicted octanol–water partition coefficient (Wildman–Crippen LogP) is 1.30. The van der Waals surface area contributed by atoms with Crippen LogP contribution in [0.25, 0.3) is 5.78 Å². The van der Waals surface area contributed by atoms with E-state index in [9.17, 15) is 4.79 Å². The average Bonchev–Trinajstić information content (AvgIpc) is 2.54. The van der Waals surface area contributed by atoms with E-state index in [4.69, 9.17) is 5.11 Å². The Morgan fingerprint density at radius 1 is 1.53 bits per heavy atom. The van der Waals surface area contributed by atoms with Gasteiger partial charge in [0, 0.05) is 11.9 Å². The topological polar surface area (TPSA) is 67.5 Å². The number of imidazole rings is 1. The molecule has 0 spiro atoms. The van der Waals surface area contributed by atoms with Gasteiger partial charge < -0.3 is 5.11 Å². The number of carboxylic acids is 1. The summed E-state index contributed by atoms with van der Waals surface area (Å²) in [6.07, 6.45) is 2.28. The Kier molecular flexibility index (Phi) is 2.15. The van der Waals surface area contributed by atoms with Crippen LogP contribution in [0.2, 0.25) is 0 Å². The lowest BCUT2D eigenvalue weighted by atomic mass is 10.2. The highest BCUT2D eigenvalue weighted by Crippen LogP contribution is 2.12. The first-order chi connectivity index (χ1) is 7.13. The molecule has 0 radical (unpaired) electrons. The lowest BCUT2D eigenvalue weighted by Crippen LogP contribution is -2.05. The maximum atomic E-state index is 11.1. The molecule has 2 aromatic heterocycles. The molecule has 0 unspecified atom stereocenters. The molecule has 0 bridgehead atoms. The summed E-state index contributed by atoms with van der Waals surface area (Å²) in [4.78, 5) is 19.4. The maximum Gasteiger partial charge on any atom is 0.354 e. The lowest BCUT2D eigenvalue weighted by Gasteiger charge is -1.97. The van der Waals surface area contributed by atoms with Gasteiger partial charge in [-0.05, 0) is 19.4 Å². The van der Waals surface area contributed by atoms with Crippen LogP contribution < -0.4 is 0 Å². The Bertz CT molecular complexity index is 531. The molecule has 0 amide bonds. The van der Waals surface area contributed by atoms with E-state index in [0.29, 0.717) is 17.9 Å². The zero-order chi connectivity index (χ0) is 11.0. The van der Waals surface area contributed by atoms with Crippen molar-refractivity contribution in [2.45, 2.75) is 20.3 Å². The summed E-state index contributed by atoms with van der Waals surface area (Å²) in [6, 6.07) is 1.76. The van der Waals surface area contributed by atoms with Crippen LogP contribution in [-0.2, 0) is 6.42 Å². The van der Waals surface area contributed by atoms with Crippen LogP contribution in [-0.4, -0.2) is 25.4 Å². The van der Waals surface area contributed by atoms with Crippen molar-refractivity contribution in [2.75, 3.05) is 0 Å². The van der Waals surface area contributed by atoms with Crippen molar-refractivity contribution in [1.82, 2.24) is 14.4 Å². The second-order valence-electron chi connectivity index (χ2n) is 3.30. The molecule has 78 valence electrons. The van der Waals surface area contributed by atoms with Gasteiger partial charge in [-0.3, -0.25) is 4.40 Å². The second-order valence-corrected chi connectivity index (χ2v) is 3.30. The van der Waals surface area contributed by atoms with Crippen LogP contribution in [0.3, 0.4) is 0 Å². The number of rotatable bonds is 2. The highest BCUT2D eigenvalue weighted by Gasteiger charge is 2.17. The standard InChI is InChI=1S/C10H11N3O2/c1-3-7-8(9(14)15)13-5-4-6(2)11-10(13)12-7/h4-5H,3H2,1-2H3,(H,14,15). The van der Waals surface area contributed by atoms with Crippen LogP contribution in [0, 0.1) is 6.92 Å². The van der Waals surface area contributed by atoms with Gasteiger partial charge in [-0.1, -0.05) is 6.92 Å². The molecule has 0 aliphatic heterocycles. The molecule has 0 saturated carbocycles. The van der Waals surface area contributed by atoms with E-state index in [0.717, 1.165) is 5.69 Å². The molecule has 0 aliphatic rings. The molecular weight excluding hydrogens is 194 g/mol. The Labute approximate surface area is 86.4 Å². The molecule has 2 aromatic rings. The van der Waals surface area contributed by atoms with E-state index in [2.05, 4.69) is 9.97 Å². The Hall–Kier alpha value is -1.91. The molecule has 15 heavy (non-hydrogen) atoms. The molecule has 1 N–H and O–H groups in total. The van der Waals surface area contributed by atoms with Crippen LogP contribution >= 0.6 is 0 Å². The van der Waals surface area contributed by atoms with Crippen LogP contribution in [0.15, 0.2) is 12.3 Å². The summed E-state index contributed by atoms with van der Waals surface area (Å²) in [5.74, 6) is -0.519. The first kappa shape index (κ1) is 9.64. The van der Waals surface area contributed by atoms with Gasteiger partial charge in [0.2, 0.25) is 5.78 Å². The van der Waals surface area contributed by atoms with Crippen molar-refractivity contribution in [3.05, 3.63) is 29.3 Å². The van der Waals surface area contributed by atoms with Gasteiger partial charge in [0.05, 0.1) is 5.69 Å². The van der Waals surface area contributed by atoms with E-state index in [-0.39, 0.29) is 5.69 Å². The molecule has 0 fully saturated rings. The quantitative estimate of drug-likeness (QED) is 0.802. The zero-order valence-corrected chi connectivity index (χ0v) is 8.56. The third kappa shape index (κ3) is 1.45. The summed E-state index contributed by atoms with van der Waals surface area (Å²) in [6.45, 7) is 3.72. The fourth-order valence-electron chi connectivity index (χ4n) is 1.54. The number of carbonyl (C=O) groups is 1. The minimum Gasteiger partial charge on any atom is -0.477 e. The summed E-state index contributed by atoms with van der Waals surface area (Å²) in [5, 5.41) is 9.06. The van der Waals surface area contributed by atoms with Crippen molar-refractivity contribution in [3.63, 3.8) is 0 Å². The highest BCUT2D eigenvalue weighted by molar-refractivity contribution is 5.88. The zero-order valence-electron chi connectivity index (χ0n) is 8.56. The minimum atomic E-state index is -0.968. The summed E-state index contributed by atoms with van der Waals surface area (Å²) < 4.78 is 1.51. The van der Waals surface area contributed by atoms with Gasteiger partial charge in [-0.2, -0.15) is 0 Å². The smallest absolute Gasteiger partial charge is 0.354 e. The van der Waals surface area contributed by atoms with Gasteiger partial charge >= 0.3 is 5.97 Å². The highest BCUT2D eigenvalue weighted by atomic mass is 16.4. The van der Waals surface area contributed by atoms with Crippen molar-refractivity contribution in [3.8, 4) is 0 Å². The van der Waals surface area contributed by atoms with Crippen molar-refractivity contribution >= 4 is 11.7 Å². The molecule has 5 heteroatoms. The number of nitrogens with zero attached hydrogens (tertiary/aromatic N) is 3. The van der Waals surface area contributed by atoms with Crippen LogP contribution in [0.4, 0.5) is 0 Å². The number of fused-ring (bicyclic) bond motifs is 1. The number of aryl methyl sites for hydroxylation is 2. The van der Waals surface area contributed by atoms with Crippen molar-refractivity contribution in [1.29, 1.82) is 0 Å². The van der Waals surface area contributed by atoms with Crippen molar-refractivity contribution < 1.29 is 9.90 Å². The van der Waals surface area contributed by atoms with Gasteiger partial charge in [-0.15, -0.1) is 0 Å². The van der Waals surface area contributed by atoms with E-state index in [1.165, 1.54) is 4.40 Å². The Morgan fingerprint density at radius 3 is 2.87 bits per heavy atom. The number of aromatic carboxylic acids is 1. The van der Waals surface area contributed by atoms with Gasteiger partial charge in [0.25, 0.3) is 0 Å². The van der Waals surface area contributed by atoms with E-state index in [1.807, 2.05) is 13.8 Å². The fraction of sp³-hybridized carbons (Fsp3) is 0.300. The molecular formula is C10H11N3O2. The first-order valence-corrected chi connectivity index (χ1v) is 4.71. The predicted molar refractivity (Wildman–Crippen MR) is 54.1 cm³/mol. The number of aromatic nitrogens is 3. The van der Waals surface area contributed by atoms with Crippen LogP contribution in [0.5, 0.6) is 0 Å². The molecule has 2 rings (SSSR count). The summed E-state index contributed by atoms with van der Waals surface area (Å²) >= 11 is 0. The summed E-state index contributed by atoms with van der Waals surface area (Å²) in [5.41, 5.74) is 1.60. The molecule has 5 nitrogen and oxygen atoms in total. The molecule has 0 aromatic carbocycles. The van der Waals surface area contributed by atoms with Gasteiger partial charge in [-0.25, -0.2) is 14.8 Å². The molecule has 0 saturated heterocycles. The van der Waals surface area contributed by atoms with Crippen molar-refractivity contribution in [2.24, 2.45) is 0 Å². The Morgan fingerprint density at radius 2 is 2.27 bits per heavy atom. The second kappa shape index (κ2) is 3.34. The first-order valence-electron chi connectivity index (χ1n) is 4.71. The maximum absolute atomic E-state index is 11.1. The van der Waals surface area contributed by atoms with Crippen LogP contribution in [0.1, 0.15) is 28.8 Å². The van der Waals surface area contributed by atoms with Gasteiger partial charge in [0.15, 0.2) is 5.69 Å². The fourth-order valence-corrected chi connectivity index (χ4v) is 1.54. The normalized spacial score (nSPS) is 10.8. The molecule has 0 atom stereocenters. The lowest BCUT2D eigenvalue weighted by molar-refractivity contribution is 0.0688. The number of hydrogen-bond acceptors (Lipinski definition) is 3. The Balaban J connectivity index is 2.80. The molecule has 2 heterocycles. The van der Waals surface area contributed by atoms with E-state index >= 15 is 0 Å². The molecule has 0 aliphatic carbocycles. The largest absolute Gasteiger partial charge is 0.477 e. The third-order valence-corrected chi connectivity index (χ3v) is 2.24. The van der Waals surface area contributed by atoms with Gasteiger partial charge in [0.1, 0.15) is 0 Å². The van der Waals surface area contributed by atoms with E-state index < -0.39 is 5.97 Å². The minimum absolute atomic E-state index is 0.208. The number of carboxylic acid groups (broad SMARTS) is 1. The summed E-state index contributed by atoms with van der Waals surface area (Å²) in [7, 11) is 0. The SMILES string of the molecule is CCc1nc2nc(C)ccn2c1C(=O)O. The monoisotopic (exact) mass is 205 g/mol. The van der Waals surface area contributed by atoms with E-state index in [1.54, 1.807) is 12.3 Å². The average molecular weight is 205 g/mol. The third-order valence-electron chi connectivity index (χ3n) is 2.24.